The molecule has 5 rings (SSSR count). The lowest BCUT2D eigenvalue weighted by molar-refractivity contribution is -0.122. The summed E-state index contributed by atoms with van der Waals surface area (Å²) in [7, 11) is 0. The molecule has 0 radical (unpaired) electrons. The van der Waals surface area contributed by atoms with Crippen molar-refractivity contribution in [2.75, 3.05) is 24.5 Å². The smallest absolute Gasteiger partial charge is 0.271 e. The molecule has 32 heavy (non-hydrogen) atoms. The summed E-state index contributed by atoms with van der Waals surface area (Å²) in [5, 5.41) is 2.83. The van der Waals surface area contributed by atoms with Crippen molar-refractivity contribution in [2.24, 2.45) is 0 Å². The molecule has 4 heterocycles. The highest BCUT2D eigenvalue weighted by Gasteiger charge is 2.61. The topological polar surface area (TPSA) is 78.2 Å². The van der Waals surface area contributed by atoms with Crippen LogP contribution in [0, 0.1) is 6.92 Å². The van der Waals surface area contributed by atoms with Crippen molar-refractivity contribution in [3.05, 3.63) is 64.9 Å². The van der Waals surface area contributed by atoms with Crippen LogP contribution in [0.15, 0.2) is 42.1 Å². The molecule has 0 saturated carbocycles. The largest absolute Gasteiger partial charge is 0.372 e. The van der Waals surface area contributed by atoms with Crippen molar-refractivity contribution in [1.29, 1.82) is 0 Å². The summed E-state index contributed by atoms with van der Waals surface area (Å²) in [5.41, 5.74) is 3.15. The first kappa shape index (κ1) is 20.7. The number of nitrogens with one attached hydrogen (secondary N) is 1. The number of benzene rings is 1. The van der Waals surface area contributed by atoms with E-state index in [0.29, 0.717) is 17.8 Å². The maximum absolute atomic E-state index is 12.8. The molecule has 2 saturated heterocycles. The molecule has 3 aliphatic heterocycles. The Labute approximate surface area is 188 Å². The monoisotopic (exact) mass is 431 g/mol. The number of fused-ring (bicyclic) bond motifs is 1. The van der Waals surface area contributed by atoms with Crippen molar-refractivity contribution in [2.45, 2.75) is 51.5 Å². The first-order valence-corrected chi connectivity index (χ1v) is 11.4. The van der Waals surface area contributed by atoms with Gasteiger partial charge in [-0.2, -0.15) is 0 Å². The summed E-state index contributed by atoms with van der Waals surface area (Å²) in [6, 6.07) is 9.58. The molecule has 2 amide bonds. The van der Waals surface area contributed by atoms with E-state index in [4.69, 9.17) is 4.98 Å². The lowest BCUT2D eigenvalue weighted by Crippen LogP contribution is -2.30. The zero-order valence-electron chi connectivity index (χ0n) is 18.9. The Kier molecular flexibility index (Phi) is 4.99. The van der Waals surface area contributed by atoms with Crippen LogP contribution in [0.3, 0.4) is 0 Å². The van der Waals surface area contributed by atoms with Gasteiger partial charge in [0.15, 0.2) is 0 Å². The van der Waals surface area contributed by atoms with Crippen LogP contribution < -0.4 is 10.2 Å². The minimum Gasteiger partial charge on any atom is -0.372 e. The normalized spacial score (nSPS) is 22.1. The van der Waals surface area contributed by atoms with Crippen LogP contribution in [0.25, 0.3) is 0 Å². The quantitative estimate of drug-likeness (QED) is 0.736. The van der Waals surface area contributed by atoms with E-state index in [0.717, 1.165) is 36.0 Å². The fraction of sp³-hybridized carbons (Fsp3) is 0.440. The molecule has 0 spiro atoms. The number of aromatic nitrogens is 2. The molecule has 1 atom stereocenters. The molecule has 1 unspecified atom stereocenters. The fourth-order valence-corrected chi connectivity index (χ4v) is 4.65. The minimum atomic E-state index is -0.560. The van der Waals surface area contributed by atoms with Crippen LogP contribution in [0.5, 0.6) is 0 Å². The number of aryl methyl sites for hydroxylation is 1. The number of rotatable bonds is 5. The minimum absolute atomic E-state index is 0.161. The molecule has 7 nitrogen and oxygen atoms in total. The zero-order valence-corrected chi connectivity index (χ0v) is 18.9. The van der Waals surface area contributed by atoms with E-state index in [-0.39, 0.29) is 17.7 Å². The summed E-state index contributed by atoms with van der Waals surface area (Å²) in [4.78, 5) is 39.0. The average Bonchev–Trinajstić information content (AvgIpc) is 3.47. The van der Waals surface area contributed by atoms with Crippen molar-refractivity contribution < 1.29 is 9.59 Å². The maximum atomic E-state index is 12.8. The van der Waals surface area contributed by atoms with Gasteiger partial charge in [-0.3, -0.25) is 9.59 Å². The van der Waals surface area contributed by atoms with Gasteiger partial charge < -0.3 is 15.1 Å². The SMILES string of the molecule is Cc1cc(C23C=C(NC(=O)c4ccc(N5CCCCC5)cc4)C(=O)N2C3)nc(C(C)C)n1. The van der Waals surface area contributed by atoms with Crippen molar-refractivity contribution in [3.63, 3.8) is 0 Å². The van der Waals surface area contributed by atoms with Gasteiger partial charge in [-0.25, -0.2) is 9.97 Å². The highest BCUT2D eigenvalue weighted by Crippen LogP contribution is 2.49. The highest BCUT2D eigenvalue weighted by atomic mass is 16.2. The highest BCUT2D eigenvalue weighted by molar-refractivity contribution is 6.06. The van der Waals surface area contributed by atoms with Gasteiger partial charge in [0.2, 0.25) is 0 Å². The molecular weight excluding hydrogens is 402 g/mol. The van der Waals surface area contributed by atoms with E-state index in [1.807, 2.05) is 43.3 Å². The molecule has 1 aromatic heterocycles. The first-order chi connectivity index (χ1) is 15.4. The molecule has 1 N–H and O–H groups in total. The van der Waals surface area contributed by atoms with E-state index >= 15 is 0 Å². The van der Waals surface area contributed by atoms with Gasteiger partial charge in [-0.15, -0.1) is 0 Å². The van der Waals surface area contributed by atoms with E-state index in [9.17, 15) is 9.59 Å². The Hall–Kier alpha value is -3.22. The van der Waals surface area contributed by atoms with Crippen molar-refractivity contribution in [1.82, 2.24) is 20.2 Å². The average molecular weight is 432 g/mol. The molecule has 2 aromatic rings. The summed E-state index contributed by atoms with van der Waals surface area (Å²) >= 11 is 0. The summed E-state index contributed by atoms with van der Waals surface area (Å²) in [6.45, 7) is 8.76. The first-order valence-electron chi connectivity index (χ1n) is 11.4. The number of nitrogens with zero attached hydrogens (tertiary/aromatic N) is 4. The van der Waals surface area contributed by atoms with Crippen molar-refractivity contribution >= 4 is 17.5 Å². The second-order valence-corrected chi connectivity index (χ2v) is 9.33. The lowest BCUT2D eigenvalue weighted by Gasteiger charge is -2.28. The Morgan fingerprint density at radius 1 is 1.09 bits per heavy atom. The van der Waals surface area contributed by atoms with Crippen molar-refractivity contribution in [3.8, 4) is 0 Å². The molecule has 7 heteroatoms. The van der Waals surface area contributed by atoms with E-state index < -0.39 is 5.54 Å². The molecule has 2 fully saturated rings. The third-order valence-corrected chi connectivity index (χ3v) is 6.57. The Bertz CT molecular complexity index is 1100. The van der Waals surface area contributed by atoms with Gasteiger partial charge in [-0.1, -0.05) is 13.8 Å². The van der Waals surface area contributed by atoms with E-state index in [1.54, 1.807) is 4.90 Å². The summed E-state index contributed by atoms with van der Waals surface area (Å²) in [5.74, 6) is 0.540. The van der Waals surface area contributed by atoms with Gasteiger partial charge in [0, 0.05) is 36.0 Å². The predicted octanol–water partition coefficient (Wildman–Crippen LogP) is 3.26. The molecule has 0 aliphatic carbocycles. The lowest BCUT2D eigenvalue weighted by atomic mass is 10.0. The predicted molar refractivity (Wildman–Crippen MR) is 122 cm³/mol. The molecular formula is C25H29N5O2. The molecule has 3 aliphatic rings. The second-order valence-electron chi connectivity index (χ2n) is 9.33. The number of carbonyl (C=O) groups excluding carboxylic acids is 2. The number of piperidine rings is 1. The van der Waals surface area contributed by atoms with Crippen LogP contribution in [0.2, 0.25) is 0 Å². The Morgan fingerprint density at radius 2 is 1.81 bits per heavy atom. The number of carbonyl (C=O) groups is 2. The standard InChI is InChI=1S/C25H29N5O2/c1-16(2)22-26-17(3)13-21(28-22)25-14-20(24(32)30(25)15-25)27-23(31)18-7-9-19(10-8-18)29-11-5-4-6-12-29/h7-10,13-14,16H,4-6,11-12,15H2,1-3H3,(H,27,31). The number of hydrogen-bond acceptors (Lipinski definition) is 5. The van der Waals surface area contributed by atoms with Crippen LogP contribution in [0.4, 0.5) is 5.69 Å². The zero-order chi connectivity index (χ0) is 22.5. The third kappa shape index (κ3) is 3.55. The molecule has 166 valence electrons. The van der Waals surface area contributed by atoms with Crippen LogP contribution in [0.1, 0.15) is 66.6 Å². The van der Waals surface area contributed by atoms with Crippen LogP contribution >= 0.6 is 0 Å². The van der Waals surface area contributed by atoms with Gasteiger partial charge in [0.05, 0.1) is 12.2 Å². The fourth-order valence-electron chi connectivity index (χ4n) is 4.65. The molecule has 0 bridgehead atoms. The second kappa shape index (κ2) is 7.73. The molecule has 1 aromatic carbocycles. The number of hydrogen-bond donors (Lipinski definition) is 1. The maximum Gasteiger partial charge on any atom is 0.271 e. The van der Waals surface area contributed by atoms with Gasteiger partial charge >= 0.3 is 0 Å². The van der Waals surface area contributed by atoms with E-state index in [1.165, 1.54) is 19.3 Å². The Morgan fingerprint density at radius 3 is 2.50 bits per heavy atom. The Balaban J connectivity index is 1.33. The van der Waals surface area contributed by atoms with Gasteiger partial charge in [0.1, 0.15) is 17.1 Å². The number of anilines is 1. The third-order valence-electron chi connectivity index (χ3n) is 6.57. The van der Waals surface area contributed by atoms with Crippen LogP contribution in [-0.4, -0.2) is 46.3 Å². The summed E-state index contributed by atoms with van der Waals surface area (Å²) in [6.07, 6.45) is 5.55. The van der Waals surface area contributed by atoms with Gasteiger partial charge in [-0.05, 0) is 62.6 Å². The van der Waals surface area contributed by atoms with E-state index in [2.05, 4.69) is 29.0 Å². The van der Waals surface area contributed by atoms with Crippen LogP contribution in [-0.2, 0) is 10.3 Å². The number of amides is 2. The van der Waals surface area contributed by atoms with Gasteiger partial charge in [0.25, 0.3) is 11.8 Å². The summed E-state index contributed by atoms with van der Waals surface area (Å²) < 4.78 is 0.